The maximum Gasteiger partial charge on any atom is 0.260 e. The molecule has 172 valence electrons. The molecule has 0 bridgehead atoms. The number of halogens is 2. The van der Waals surface area contributed by atoms with Crippen LogP contribution in [-0.4, -0.2) is 40.6 Å². The number of nitrogens with two attached hydrogens (primary N) is 1. The van der Waals surface area contributed by atoms with Crippen LogP contribution in [0.2, 0.25) is 0 Å². The lowest BCUT2D eigenvalue weighted by Gasteiger charge is -2.32. The molecular weight excluding hydrogens is 426 g/mol. The molecular formula is C24H26F2N6O. The molecule has 5 rings (SSSR count). The summed E-state index contributed by atoms with van der Waals surface area (Å²) in [5, 5.41) is 11.1. The van der Waals surface area contributed by atoms with E-state index >= 15 is 0 Å². The summed E-state index contributed by atoms with van der Waals surface area (Å²) in [6.45, 7) is 4.32. The summed E-state index contributed by atoms with van der Waals surface area (Å²) in [6, 6.07) is 10.6. The van der Waals surface area contributed by atoms with Crippen molar-refractivity contribution < 1.29 is 13.6 Å². The van der Waals surface area contributed by atoms with Gasteiger partial charge in [-0.2, -0.15) is 0 Å². The highest BCUT2D eigenvalue weighted by molar-refractivity contribution is 6.13. The smallest absolute Gasteiger partial charge is 0.260 e. The van der Waals surface area contributed by atoms with Crippen LogP contribution in [-0.2, 0) is 4.79 Å². The number of nitrogens with one attached hydrogen (secondary N) is 3. The summed E-state index contributed by atoms with van der Waals surface area (Å²) in [7, 11) is 0. The van der Waals surface area contributed by atoms with Crippen LogP contribution in [0.5, 0.6) is 0 Å². The highest BCUT2D eigenvalue weighted by Gasteiger charge is 2.61. The van der Waals surface area contributed by atoms with Gasteiger partial charge in [-0.15, -0.1) is 0 Å². The Morgan fingerprint density at radius 1 is 1.24 bits per heavy atom. The van der Waals surface area contributed by atoms with Crippen molar-refractivity contribution >= 4 is 39.7 Å². The van der Waals surface area contributed by atoms with Gasteiger partial charge in [-0.05, 0) is 55.2 Å². The number of imidazole rings is 1. The van der Waals surface area contributed by atoms with Crippen molar-refractivity contribution in [1.82, 2.24) is 9.97 Å². The highest BCUT2D eigenvalue weighted by atomic mass is 19.3. The molecule has 33 heavy (non-hydrogen) atoms. The van der Waals surface area contributed by atoms with Crippen molar-refractivity contribution in [1.29, 1.82) is 5.41 Å². The standard InChI is InChI=1S/C24H26F2N6O/c1-13-6-8-32(9-7-13)15-3-5-19-20(11-15)31-22(30-19)21(28)16-10-14(2-4-18(16)27)29-23(33)17-12-24(17,25)26/h2-5,10-11,13,17,28H,6-9,12,27H2,1H3,(H,29,33)(H,30,31). The van der Waals surface area contributed by atoms with Gasteiger partial charge < -0.3 is 20.9 Å². The van der Waals surface area contributed by atoms with Gasteiger partial charge in [0.25, 0.3) is 5.92 Å². The van der Waals surface area contributed by atoms with E-state index in [2.05, 4.69) is 27.1 Å². The third-order valence-electron chi connectivity index (χ3n) is 6.58. The van der Waals surface area contributed by atoms with Crippen LogP contribution < -0.4 is 16.0 Å². The average molecular weight is 453 g/mol. The van der Waals surface area contributed by atoms with E-state index in [0.29, 0.717) is 22.8 Å². The first-order valence-corrected chi connectivity index (χ1v) is 11.1. The second kappa shape index (κ2) is 7.83. The van der Waals surface area contributed by atoms with Crippen LogP contribution in [0.4, 0.5) is 25.8 Å². The summed E-state index contributed by atoms with van der Waals surface area (Å²) in [5.74, 6) is -3.88. The average Bonchev–Trinajstić information content (AvgIpc) is 3.24. The van der Waals surface area contributed by atoms with Gasteiger partial charge in [0, 0.05) is 42.1 Å². The van der Waals surface area contributed by atoms with Gasteiger partial charge in [0.05, 0.1) is 11.0 Å². The topological polar surface area (TPSA) is 111 Å². The van der Waals surface area contributed by atoms with E-state index in [1.807, 2.05) is 18.2 Å². The maximum atomic E-state index is 13.2. The minimum absolute atomic E-state index is 0.0601. The number of benzene rings is 2. The second-order valence-electron chi connectivity index (χ2n) is 9.14. The van der Waals surface area contributed by atoms with Crippen LogP contribution in [0.1, 0.15) is 37.6 Å². The minimum atomic E-state index is -2.94. The zero-order valence-corrected chi connectivity index (χ0v) is 18.3. The number of aromatic amines is 1. The molecule has 9 heteroatoms. The van der Waals surface area contributed by atoms with Crippen molar-refractivity contribution in [3.05, 3.63) is 47.8 Å². The molecule has 1 amide bonds. The lowest BCUT2D eigenvalue weighted by molar-refractivity contribution is -0.119. The summed E-state index contributed by atoms with van der Waals surface area (Å²) >= 11 is 0. The molecule has 1 aliphatic carbocycles. The Morgan fingerprint density at radius 3 is 2.67 bits per heavy atom. The molecule has 1 saturated carbocycles. The Hall–Kier alpha value is -3.49. The van der Waals surface area contributed by atoms with Gasteiger partial charge in [0.2, 0.25) is 5.91 Å². The van der Waals surface area contributed by atoms with Crippen molar-refractivity contribution in [3.8, 4) is 0 Å². The van der Waals surface area contributed by atoms with Crippen molar-refractivity contribution in [3.63, 3.8) is 0 Å². The number of alkyl halides is 2. The molecule has 7 nitrogen and oxygen atoms in total. The van der Waals surface area contributed by atoms with Gasteiger partial charge in [0.15, 0.2) is 5.82 Å². The van der Waals surface area contributed by atoms with Gasteiger partial charge in [0.1, 0.15) is 11.6 Å². The number of aromatic nitrogens is 2. The normalized spacial score (nSPS) is 20.1. The number of hydrogen-bond acceptors (Lipinski definition) is 5. The van der Waals surface area contributed by atoms with E-state index in [0.717, 1.165) is 35.7 Å². The Morgan fingerprint density at radius 2 is 1.97 bits per heavy atom. The zero-order valence-electron chi connectivity index (χ0n) is 18.3. The third kappa shape index (κ3) is 4.15. The maximum absolute atomic E-state index is 13.2. The largest absolute Gasteiger partial charge is 0.398 e. The third-order valence-corrected chi connectivity index (χ3v) is 6.58. The SMILES string of the molecule is CC1CCN(c2ccc3nc(C(=N)c4cc(NC(=O)C5CC5(F)F)ccc4N)[nH]c3c2)CC1. The fraction of sp³-hybridized carbons (Fsp3) is 0.375. The summed E-state index contributed by atoms with van der Waals surface area (Å²) < 4.78 is 26.4. The van der Waals surface area contributed by atoms with E-state index in [-0.39, 0.29) is 5.71 Å². The van der Waals surface area contributed by atoms with Gasteiger partial charge >= 0.3 is 0 Å². The van der Waals surface area contributed by atoms with E-state index < -0.39 is 24.2 Å². The van der Waals surface area contributed by atoms with Crippen molar-refractivity contribution in [2.24, 2.45) is 11.8 Å². The lowest BCUT2D eigenvalue weighted by atomic mass is 9.99. The molecule has 2 fully saturated rings. The van der Waals surface area contributed by atoms with Crippen molar-refractivity contribution in [2.75, 3.05) is 29.0 Å². The summed E-state index contributed by atoms with van der Waals surface area (Å²) in [5.41, 5.74) is 9.83. The summed E-state index contributed by atoms with van der Waals surface area (Å²) in [4.78, 5) is 22.1. The quantitative estimate of drug-likeness (QED) is 0.340. The fourth-order valence-corrected chi connectivity index (χ4v) is 4.28. The number of nitrogens with zero attached hydrogens (tertiary/aromatic N) is 2. The molecule has 5 N–H and O–H groups in total. The van der Waals surface area contributed by atoms with E-state index in [1.54, 1.807) is 6.07 Å². The molecule has 2 aliphatic rings. The Balaban J connectivity index is 1.37. The predicted molar refractivity (Wildman–Crippen MR) is 125 cm³/mol. The zero-order chi connectivity index (χ0) is 23.3. The molecule has 1 atom stereocenters. The number of anilines is 3. The molecule has 1 aromatic heterocycles. The van der Waals surface area contributed by atoms with E-state index in [9.17, 15) is 13.6 Å². The predicted octanol–water partition coefficient (Wildman–Crippen LogP) is 4.39. The van der Waals surface area contributed by atoms with Crippen LogP contribution in [0.3, 0.4) is 0 Å². The first kappa shape index (κ1) is 21.4. The molecule has 2 heterocycles. The number of nitrogen functional groups attached to an aromatic ring is 1. The molecule has 1 aliphatic heterocycles. The van der Waals surface area contributed by atoms with Crippen LogP contribution >= 0.6 is 0 Å². The number of amides is 1. The van der Waals surface area contributed by atoms with Crippen molar-refractivity contribution in [2.45, 2.75) is 32.1 Å². The number of hydrogen-bond donors (Lipinski definition) is 4. The second-order valence-corrected chi connectivity index (χ2v) is 9.14. The number of H-pyrrole nitrogens is 1. The monoisotopic (exact) mass is 452 g/mol. The Labute approximate surface area is 189 Å². The number of rotatable bonds is 5. The first-order valence-electron chi connectivity index (χ1n) is 11.1. The number of fused-ring (bicyclic) bond motifs is 1. The molecule has 2 aromatic carbocycles. The number of piperidine rings is 1. The summed E-state index contributed by atoms with van der Waals surface area (Å²) in [6.07, 6.45) is 1.90. The number of carbonyl (C=O) groups excluding carboxylic acids is 1. The molecule has 1 unspecified atom stereocenters. The van der Waals surface area contributed by atoms with Crippen LogP contribution in [0, 0.1) is 17.2 Å². The van der Waals surface area contributed by atoms with Crippen LogP contribution in [0.15, 0.2) is 36.4 Å². The molecule has 0 radical (unpaired) electrons. The Bertz CT molecular complexity index is 1240. The molecule has 1 saturated heterocycles. The Kier molecular flexibility index (Phi) is 5.07. The minimum Gasteiger partial charge on any atom is -0.398 e. The van der Waals surface area contributed by atoms with Gasteiger partial charge in [-0.1, -0.05) is 6.92 Å². The van der Waals surface area contributed by atoms with E-state index in [4.69, 9.17) is 11.1 Å². The number of carbonyl (C=O) groups is 1. The molecule has 0 spiro atoms. The highest BCUT2D eigenvalue weighted by Crippen LogP contribution is 2.49. The van der Waals surface area contributed by atoms with Gasteiger partial charge in [-0.25, -0.2) is 13.8 Å². The molecule has 3 aromatic rings. The fourth-order valence-electron chi connectivity index (χ4n) is 4.28. The van der Waals surface area contributed by atoms with E-state index in [1.165, 1.54) is 25.0 Å². The van der Waals surface area contributed by atoms with Crippen LogP contribution in [0.25, 0.3) is 11.0 Å². The lowest BCUT2D eigenvalue weighted by Crippen LogP contribution is -2.32. The van der Waals surface area contributed by atoms with Gasteiger partial charge in [-0.3, -0.25) is 10.2 Å². The first-order chi connectivity index (χ1) is 15.7.